The van der Waals surface area contributed by atoms with Crippen molar-refractivity contribution in [1.82, 2.24) is 4.57 Å². The molecule has 1 aromatic heterocycles. The first-order valence-electron chi connectivity index (χ1n) is 6.44. The van der Waals surface area contributed by atoms with Crippen LogP contribution in [0.25, 0.3) is 0 Å². The van der Waals surface area contributed by atoms with Gasteiger partial charge in [0, 0.05) is 17.9 Å². The molecule has 2 rings (SSSR count). The third-order valence-electron chi connectivity index (χ3n) is 3.55. The molecule has 1 heterocycles. The van der Waals surface area contributed by atoms with Crippen LogP contribution in [0.2, 0.25) is 0 Å². The predicted molar refractivity (Wildman–Crippen MR) is 75.7 cm³/mol. The summed E-state index contributed by atoms with van der Waals surface area (Å²) in [4.78, 5) is 11.1. The summed E-state index contributed by atoms with van der Waals surface area (Å²) >= 11 is 0. The van der Waals surface area contributed by atoms with E-state index in [4.69, 9.17) is 5.11 Å². The Bertz CT molecular complexity index is 594. The van der Waals surface area contributed by atoms with E-state index in [2.05, 4.69) is 35.8 Å². The summed E-state index contributed by atoms with van der Waals surface area (Å²) < 4.78 is 2.07. The highest BCUT2D eigenvalue weighted by atomic mass is 16.4. The molecule has 0 radical (unpaired) electrons. The molecular formula is C16H19NO2. The molecule has 0 saturated carbocycles. The molecule has 0 atom stereocenters. The monoisotopic (exact) mass is 257 g/mol. The zero-order chi connectivity index (χ0) is 14.0. The van der Waals surface area contributed by atoms with E-state index in [0.717, 1.165) is 24.4 Å². The maximum absolute atomic E-state index is 11.1. The van der Waals surface area contributed by atoms with Gasteiger partial charge in [-0.3, -0.25) is 0 Å². The van der Waals surface area contributed by atoms with Crippen LogP contribution in [0.15, 0.2) is 30.3 Å². The Kier molecular flexibility index (Phi) is 3.74. The summed E-state index contributed by atoms with van der Waals surface area (Å²) in [5.74, 6) is -0.852. The van der Waals surface area contributed by atoms with Crippen LogP contribution in [0.4, 0.5) is 0 Å². The van der Waals surface area contributed by atoms with E-state index in [-0.39, 0.29) is 0 Å². The van der Waals surface area contributed by atoms with Gasteiger partial charge in [0.1, 0.15) is 0 Å². The average molecular weight is 257 g/mol. The van der Waals surface area contributed by atoms with Crippen molar-refractivity contribution in [3.8, 4) is 0 Å². The number of aromatic nitrogens is 1. The summed E-state index contributed by atoms with van der Waals surface area (Å²) in [6.07, 6.45) is 0.912. The van der Waals surface area contributed by atoms with E-state index in [1.807, 2.05) is 13.8 Å². The summed E-state index contributed by atoms with van der Waals surface area (Å²) in [6, 6.07) is 10.2. The van der Waals surface area contributed by atoms with E-state index < -0.39 is 5.97 Å². The molecule has 0 aliphatic carbocycles. The maximum Gasteiger partial charge on any atom is 0.337 e. The zero-order valence-corrected chi connectivity index (χ0v) is 11.6. The van der Waals surface area contributed by atoms with Crippen LogP contribution in [-0.2, 0) is 13.0 Å². The van der Waals surface area contributed by atoms with Crippen molar-refractivity contribution in [3.63, 3.8) is 0 Å². The van der Waals surface area contributed by atoms with Gasteiger partial charge in [-0.1, -0.05) is 29.8 Å². The van der Waals surface area contributed by atoms with Gasteiger partial charge in [-0.25, -0.2) is 4.79 Å². The number of benzene rings is 1. The number of aromatic carboxylic acids is 1. The van der Waals surface area contributed by atoms with Crippen LogP contribution in [0.1, 0.15) is 32.9 Å². The van der Waals surface area contributed by atoms with Gasteiger partial charge in [-0.05, 0) is 38.8 Å². The van der Waals surface area contributed by atoms with E-state index >= 15 is 0 Å². The third kappa shape index (κ3) is 2.87. The Morgan fingerprint density at radius 2 is 1.79 bits per heavy atom. The molecule has 3 nitrogen and oxygen atoms in total. The van der Waals surface area contributed by atoms with Gasteiger partial charge in [0.05, 0.1) is 5.56 Å². The second kappa shape index (κ2) is 5.31. The second-order valence-electron chi connectivity index (χ2n) is 4.98. The first kappa shape index (κ1) is 13.4. The number of hydrogen-bond donors (Lipinski definition) is 1. The van der Waals surface area contributed by atoms with E-state index in [0.29, 0.717) is 5.56 Å². The Morgan fingerprint density at radius 3 is 2.32 bits per heavy atom. The van der Waals surface area contributed by atoms with Gasteiger partial charge in [0.2, 0.25) is 0 Å². The molecule has 100 valence electrons. The van der Waals surface area contributed by atoms with Crippen molar-refractivity contribution < 1.29 is 9.90 Å². The van der Waals surface area contributed by atoms with Gasteiger partial charge < -0.3 is 9.67 Å². The molecule has 1 aromatic carbocycles. The van der Waals surface area contributed by atoms with Crippen molar-refractivity contribution in [2.45, 2.75) is 33.7 Å². The van der Waals surface area contributed by atoms with E-state index in [1.54, 1.807) is 6.07 Å². The molecule has 0 fully saturated rings. The molecule has 3 heteroatoms. The summed E-state index contributed by atoms with van der Waals surface area (Å²) in [7, 11) is 0. The maximum atomic E-state index is 11.1. The highest BCUT2D eigenvalue weighted by molar-refractivity contribution is 5.89. The molecular weight excluding hydrogens is 238 g/mol. The highest BCUT2D eigenvalue weighted by Gasteiger charge is 2.14. The van der Waals surface area contributed by atoms with Gasteiger partial charge in [0.15, 0.2) is 0 Å². The van der Waals surface area contributed by atoms with Gasteiger partial charge in [-0.15, -0.1) is 0 Å². The zero-order valence-electron chi connectivity index (χ0n) is 11.6. The van der Waals surface area contributed by atoms with Crippen LogP contribution in [-0.4, -0.2) is 15.6 Å². The van der Waals surface area contributed by atoms with Gasteiger partial charge in [-0.2, -0.15) is 0 Å². The van der Waals surface area contributed by atoms with Crippen molar-refractivity contribution in [3.05, 3.63) is 58.4 Å². The first-order valence-corrected chi connectivity index (χ1v) is 6.44. The SMILES string of the molecule is Cc1ccc(CCn2c(C)cc(C(=O)O)c2C)cc1. The van der Waals surface area contributed by atoms with Crippen LogP contribution in [0.5, 0.6) is 0 Å². The Labute approximate surface area is 113 Å². The molecule has 1 N–H and O–H groups in total. The van der Waals surface area contributed by atoms with Crippen LogP contribution in [0.3, 0.4) is 0 Å². The minimum atomic E-state index is -0.852. The molecule has 0 saturated heterocycles. The fourth-order valence-electron chi connectivity index (χ4n) is 2.36. The van der Waals surface area contributed by atoms with Crippen molar-refractivity contribution in [2.75, 3.05) is 0 Å². The van der Waals surface area contributed by atoms with E-state index in [9.17, 15) is 4.79 Å². The van der Waals surface area contributed by atoms with Crippen LogP contribution >= 0.6 is 0 Å². The lowest BCUT2D eigenvalue weighted by molar-refractivity contribution is 0.0696. The fraction of sp³-hybridized carbons (Fsp3) is 0.312. The molecule has 0 amide bonds. The van der Waals surface area contributed by atoms with Gasteiger partial charge >= 0.3 is 5.97 Å². The van der Waals surface area contributed by atoms with Crippen molar-refractivity contribution in [2.24, 2.45) is 0 Å². The number of aryl methyl sites for hydroxylation is 3. The summed E-state index contributed by atoms with van der Waals surface area (Å²) in [5.41, 5.74) is 4.76. The molecule has 0 spiro atoms. The lowest BCUT2D eigenvalue weighted by Gasteiger charge is -2.09. The van der Waals surface area contributed by atoms with Crippen molar-refractivity contribution in [1.29, 1.82) is 0 Å². The number of hydrogen-bond acceptors (Lipinski definition) is 1. The average Bonchev–Trinajstić information content (AvgIpc) is 2.65. The molecule has 19 heavy (non-hydrogen) atoms. The Morgan fingerprint density at radius 1 is 1.16 bits per heavy atom. The Hall–Kier alpha value is -2.03. The largest absolute Gasteiger partial charge is 0.478 e. The molecule has 0 unspecified atom stereocenters. The predicted octanol–water partition coefficient (Wildman–Crippen LogP) is 3.35. The topological polar surface area (TPSA) is 42.2 Å². The number of carboxylic acid groups (broad SMARTS) is 1. The number of carboxylic acids is 1. The fourth-order valence-corrected chi connectivity index (χ4v) is 2.36. The lowest BCUT2D eigenvalue weighted by Crippen LogP contribution is -2.07. The Balaban J connectivity index is 2.15. The molecule has 0 bridgehead atoms. The third-order valence-corrected chi connectivity index (χ3v) is 3.55. The minimum Gasteiger partial charge on any atom is -0.478 e. The number of rotatable bonds is 4. The first-order chi connectivity index (χ1) is 8.99. The summed E-state index contributed by atoms with van der Waals surface area (Å²) in [6.45, 7) is 6.71. The number of carbonyl (C=O) groups is 1. The standard InChI is InChI=1S/C16H19NO2/c1-11-4-6-14(7-5-11)8-9-17-12(2)10-15(13(17)3)16(18)19/h4-7,10H,8-9H2,1-3H3,(H,18,19). The highest BCUT2D eigenvalue weighted by Crippen LogP contribution is 2.16. The van der Waals surface area contributed by atoms with Crippen LogP contribution in [0, 0.1) is 20.8 Å². The molecule has 0 aliphatic heterocycles. The second-order valence-corrected chi connectivity index (χ2v) is 4.98. The van der Waals surface area contributed by atoms with Crippen molar-refractivity contribution >= 4 is 5.97 Å². The molecule has 0 aliphatic rings. The summed E-state index contributed by atoms with van der Waals surface area (Å²) in [5, 5.41) is 9.11. The quantitative estimate of drug-likeness (QED) is 0.912. The smallest absolute Gasteiger partial charge is 0.337 e. The van der Waals surface area contributed by atoms with Crippen LogP contribution < -0.4 is 0 Å². The minimum absolute atomic E-state index is 0.404. The number of nitrogens with zero attached hydrogens (tertiary/aromatic N) is 1. The van der Waals surface area contributed by atoms with Gasteiger partial charge in [0.25, 0.3) is 0 Å². The lowest BCUT2D eigenvalue weighted by atomic mass is 10.1. The van der Waals surface area contributed by atoms with E-state index in [1.165, 1.54) is 11.1 Å². The normalized spacial score (nSPS) is 10.7. The molecule has 2 aromatic rings.